The van der Waals surface area contributed by atoms with Gasteiger partial charge < -0.3 is 10.2 Å². The lowest BCUT2D eigenvalue weighted by atomic mass is 9.84. The second-order valence-corrected chi connectivity index (χ2v) is 7.90. The molecule has 1 aromatic rings. The van der Waals surface area contributed by atoms with Crippen molar-refractivity contribution in [3.63, 3.8) is 0 Å². The predicted molar refractivity (Wildman–Crippen MR) is 91.8 cm³/mol. The first-order valence-electron chi connectivity index (χ1n) is 7.28. The summed E-state index contributed by atoms with van der Waals surface area (Å²) < 4.78 is 0.957. The van der Waals surface area contributed by atoms with Gasteiger partial charge in [0.05, 0.1) is 5.02 Å². The minimum atomic E-state index is 0.260. The molecule has 1 N–H and O–H groups in total. The van der Waals surface area contributed by atoms with E-state index in [1.54, 1.807) is 0 Å². The first kappa shape index (κ1) is 16.1. The summed E-state index contributed by atoms with van der Waals surface area (Å²) in [5.74, 6) is 0. The molecule has 1 aromatic carbocycles. The van der Waals surface area contributed by atoms with Crippen molar-refractivity contribution in [1.29, 1.82) is 0 Å². The van der Waals surface area contributed by atoms with Gasteiger partial charge in [0.1, 0.15) is 0 Å². The van der Waals surface area contributed by atoms with E-state index in [0.717, 1.165) is 29.0 Å². The Balaban J connectivity index is 2.27. The molecule has 2 atom stereocenters. The molecule has 1 aliphatic rings. The standard InChI is InChI=1S/C16H24BrClN2/c1-5-11-9-19-15(16(2,3)4)10-20(11)12-6-7-13(17)14(18)8-12/h6-8,11,15,19H,5,9-10H2,1-4H3. The second-order valence-electron chi connectivity index (χ2n) is 6.64. The maximum absolute atomic E-state index is 6.26. The summed E-state index contributed by atoms with van der Waals surface area (Å²) in [5.41, 5.74) is 1.48. The molecule has 112 valence electrons. The van der Waals surface area contributed by atoms with E-state index in [1.807, 2.05) is 6.07 Å². The van der Waals surface area contributed by atoms with Crippen molar-refractivity contribution in [3.8, 4) is 0 Å². The van der Waals surface area contributed by atoms with E-state index in [1.165, 1.54) is 5.69 Å². The number of anilines is 1. The second kappa shape index (κ2) is 6.25. The van der Waals surface area contributed by atoms with Gasteiger partial charge in [0.25, 0.3) is 0 Å². The van der Waals surface area contributed by atoms with Crippen molar-refractivity contribution in [2.45, 2.75) is 46.2 Å². The highest BCUT2D eigenvalue weighted by molar-refractivity contribution is 9.10. The topological polar surface area (TPSA) is 15.3 Å². The molecule has 0 saturated carbocycles. The fourth-order valence-corrected chi connectivity index (χ4v) is 3.14. The highest BCUT2D eigenvalue weighted by atomic mass is 79.9. The number of benzene rings is 1. The first-order valence-corrected chi connectivity index (χ1v) is 8.45. The third-order valence-electron chi connectivity index (χ3n) is 4.17. The van der Waals surface area contributed by atoms with Crippen LogP contribution >= 0.6 is 27.5 Å². The lowest BCUT2D eigenvalue weighted by Crippen LogP contribution is -2.60. The molecule has 0 spiro atoms. The number of hydrogen-bond acceptors (Lipinski definition) is 2. The zero-order chi connectivity index (χ0) is 14.9. The summed E-state index contributed by atoms with van der Waals surface area (Å²) in [7, 11) is 0. The molecule has 1 heterocycles. The van der Waals surface area contributed by atoms with Crippen molar-refractivity contribution < 1.29 is 0 Å². The fraction of sp³-hybridized carbons (Fsp3) is 0.625. The van der Waals surface area contributed by atoms with Crippen LogP contribution in [-0.2, 0) is 0 Å². The van der Waals surface area contributed by atoms with Crippen molar-refractivity contribution in [3.05, 3.63) is 27.7 Å². The largest absolute Gasteiger partial charge is 0.366 e. The smallest absolute Gasteiger partial charge is 0.0568 e. The molecule has 0 bridgehead atoms. The Hall–Kier alpha value is -0.250. The van der Waals surface area contributed by atoms with Gasteiger partial charge >= 0.3 is 0 Å². The van der Waals surface area contributed by atoms with Crippen LogP contribution < -0.4 is 10.2 Å². The van der Waals surface area contributed by atoms with Gasteiger partial charge in [-0.15, -0.1) is 0 Å². The van der Waals surface area contributed by atoms with Crippen LogP contribution in [0.2, 0.25) is 5.02 Å². The fourth-order valence-electron chi connectivity index (χ4n) is 2.72. The number of nitrogens with zero attached hydrogens (tertiary/aromatic N) is 1. The lowest BCUT2D eigenvalue weighted by Gasteiger charge is -2.46. The van der Waals surface area contributed by atoms with Gasteiger partial charge in [-0.1, -0.05) is 39.3 Å². The van der Waals surface area contributed by atoms with Gasteiger partial charge in [-0.2, -0.15) is 0 Å². The van der Waals surface area contributed by atoms with Crippen LogP contribution in [0.1, 0.15) is 34.1 Å². The monoisotopic (exact) mass is 358 g/mol. The normalized spacial score (nSPS) is 24.0. The summed E-state index contributed by atoms with van der Waals surface area (Å²) in [6.07, 6.45) is 1.14. The summed E-state index contributed by atoms with van der Waals surface area (Å²) >= 11 is 9.73. The number of nitrogens with one attached hydrogen (secondary N) is 1. The van der Waals surface area contributed by atoms with Crippen molar-refractivity contribution in [2.75, 3.05) is 18.0 Å². The zero-order valence-electron chi connectivity index (χ0n) is 12.7. The molecule has 0 aromatic heterocycles. The minimum absolute atomic E-state index is 0.260. The Kier molecular flexibility index (Phi) is 5.04. The summed E-state index contributed by atoms with van der Waals surface area (Å²) in [6.45, 7) is 11.2. The van der Waals surface area contributed by atoms with Gasteiger partial charge in [0.2, 0.25) is 0 Å². The first-order chi connectivity index (χ1) is 9.32. The molecule has 0 amide bonds. The quantitative estimate of drug-likeness (QED) is 0.823. The van der Waals surface area contributed by atoms with Crippen LogP contribution in [0.5, 0.6) is 0 Å². The Morgan fingerprint density at radius 3 is 2.65 bits per heavy atom. The van der Waals surface area contributed by atoms with E-state index in [9.17, 15) is 0 Å². The average Bonchev–Trinajstić information content (AvgIpc) is 2.40. The molecule has 0 aliphatic carbocycles. The van der Waals surface area contributed by atoms with E-state index in [0.29, 0.717) is 12.1 Å². The van der Waals surface area contributed by atoms with Crippen LogP contribution in [-0.4, -0.2) is 25.2 Å². The van der Waals surface area contributed by atoms with Crippen molar-refractivity contribution in [1.82, 2.24) is 5.32 Å². The van der Waals surface area contributed by atoms with E-state index in [4.69, 9.17) is 11.6 Å². The molecule has 20 heavy (non-hydrogen) atoms. The van der Waals surface area contributed by atoms with Crippen molar-refractivity contribution in [2.24, 2.45) is 5.41 Å². The zero-order valence-corrected chi connectivity index (χ0v) is 15.1. The molecule has 4 heteroatoms. The molecule has 2 unspecified atom stereocenters. The number of piperazine rings is 1. The summed E-state index contributed by atoms with van der Waals surface area (Å²) in [5, 5.41) is 4.48. The van der Waals surface area contributed by atoms with Gasteiger partial charge in [0, 0.05) is 35.3 Å². The Morgan fingerprint density at radius 1 is 1.40 bits per heavy atom. The molecule has 1 aliphatic heterocycles. The van der Waals surface area contributed by atoms with Gasteiger partial charge in [-0.3, -0.25) is 0 Å². The van der Waals surface area contributed by atoms with Crippen LogP contribution in [0.15, 0.2) is 22.7 Å². The highest BCUT2D eigenvalue weighted by Crippen LogP contribution is 2.32. The lowest BCUT2D eigenvalue weighted by molar-refractivity contribution is 0.233. The van der Waals surface area contributed by atoms with Crippen LogP contribution in [0, 0.1) is 5.41 Å². The molecular formula is C16H24BrClN2. The molecular weight excluding hydrogens is 336 g/mol. The summed E-state index contributed by atoms with van der Waals surface area (Å²) in [6, 6.07) is 7.29. The third kappa shape index (κ3) is 3.49. The molecule has 2 rings (SSSR count). The molecule has 1 fully saturated rings. The Morgan fingerprint density at radius 2 is 2.10 bits per heavy atom. The average molecular weight is 360 g/mol. The maximum atomic E-state index is 6.26. The predicted octanol–water partition coefficient (Wildman–Crippen LogP) is 4.71. The van der Waals surface area contributed by atoms with E-state index in [2.05, 4.69) is 66.0 Å². The Bertz CT molecular complexity index is 470. The summed E-state index contributed by atoms with van der Waals surface area (Å²) in [4.78, 5) is 2.50. The number of hydrogen-bond donors (Lipinski definition) is 1. The van der Waals surface area contributed by atoms with Crippen molar-refractivity contribution >= 4 is 33.2 Å². The van der Waals surface area contributed by atoms with E-state index < -0.39 is 0 Å². The van der Waals surface area contributed by atoms with Gasteiger partial charge in [0.15, 0.2) is 0 Å². The third-order valence-corrected chi connectivity index (χ3v) is 5.40. The van der Waals surface area contributed by atoms with Crippen LogP contribution in [0.3, 0.4) is 0 Å². The van der Waals surface area contributed by atoms with E-state index in [-0.39, 0.29) is 5.41 Å². The highest BCUT2D eigenvalue weighted by Gasteiger charge is 2.33. The van der Waals surface area contributed by atoms with Gasteiger partial charge in [-0.05, 0) is 46.0 Å². The SMILES string of the molecule is CCC1CNC(C(C)(C)C)CN1c1ccc(Br)c(Cl)c1. The van der Waals surface area contributed by atoms with Gasteiger partial charge in [-0.25, -0.2) is 0 Å². The van der Waals surface area contributed by atoms with Crippen LogP contribution in [0.4, 0.5) is 5.69 Å². The van der Waals surface area contributed by atoms with E-state index >= 15 is 0 Å². The number of halogens is 2. The molecule has 1 saturated heterocycles. The maximum Gasteiger partial charge on any atom is 0.0568 e. The molecule has 2 nitrogen and oxygen atoms in total. The van der Waals surface area contributed by atoms with Crippen LogP contribution in [0.25, 0.3) is 0 Å². The number of rotatable bonds is 2. The molecule has 0 radical (unpaired) electrons. The Labute approximate surface area is 136 Å². The minimum Gasteiger partial charge on any atom is -0.366 e.